The minimum atomic E-state index is 0.00152. The highest BCUT2D eigenvalue weighted by atomic mass is 16.5. The summed E-state index contributed by atoms with van der Waals surface area (Å²) in [6.07, 6.45) is 3.98. The van der Waals surface area contributed by atoms with Gasteiger partial charge in [0.1, 0.15) is 0 Å². The van der Waals surface area contributed by atoms with E-state index in [2.05, 4.69) is 18.2 Å². The Morgan fingerprint density at radius 3 is 2.50 bits per heavy atom. The Morgan fingerprint density at radius 1 is 1.00 bits per heavy atom. The summed E-state index contributed by atoms with van der Waals surface area (Å²) in [7, 11) is 3.30. The van der Waals surface area contributed by atoms with Gasteiger partial charge in [0.2, 0.25) is 5.91 Å². The minimum absolute atomic E-state index is 0.00152. The van der Waals surface area contributed by atoms with E-state index < -0.39 is 0 Å². The van der Waals surface area contributed by atoms with Crippen LogP contribution in [0.5, 0.6) is 11.5 Å². The number of ether oxygens (including phenoxy) is 2. The number of methoxy groups -OCH3 is 2. The summed E-state index contributed by atoms with van der Waals surface area (Å²) in [5.41, 5.74) is 4.96. The molecule has 136 valence electrons. The van der Waals surface area contributed by atoms with Crippen molar-refractivity contribution in [2.75, 3.05) is 20.8 Å². The Balaban J connectivity index is 1.59. The van der Waals surface area contributed by atoms with Gasteiger partial charge in [-0.25, -0.2) is 0 Å². The van der Waals surface area contributed by atoms with Crippen molar-refractivity contribution >= 4 is 5.91 Å². The first-order chi connectivity index (χ1) is 12.7. The van der Waals surface area contributed by atoms with Crippen molar-refractivity contribution in [1.82, 2.24) is 4.90 Å². The quantitative estimate of drug-likeness (QED) is 0.846. The van der Waals surface area contributed by atoms with Crippen LogP contribution in [0.15, 0.2) is 36.4 Å². The number of hydrogen-bond acceptors (Lipinski definition) is 3. The molecule has 0 saturated heterocycles. The van der Waals surface area contributed by atoms with Crippen LogP contribution in [0.25, 0.3) is 0 Å². The summed E-state index contributed by atoms with van der Waals surface area (Å²) in [6, 6.07) is 12.5. The number of benzene rings is 2. The lowest BCUT2D eigenvalue weighted by atomic mass is 9.81. The van der Waals surface area contributed by atoms with E-state index >= 15 is 0 Å². The molecule has 0 spiro atoms. The maximum Gasteiger partial charge on any atom is 0.230 e. The average molecular weight is 351 g/mol. The Labute approximate surface area is 154 Å². The van der Waals surface area contributed by atoms with Gasteiger partial charge in [-0.2, -0.15) is 0 Å². The average Bonchev–Trinajstić information content (AvgIpc) is 2.71. The first-order valence-electron chi connectivity index (χ1n) is 9.31. The van der Waals surface area contributed by atoms with Crippen LogP contribution in [-0.2, 0) is 24.2 Å². The van der Waals surface area contributed by atoms with Crippen LogP contribution in [0.1, 0.15) is 41.0 Å². The summed E-state index contributed by atoms with van der Waals surface area (Å²) in [4.78, 5) is 15.3. The summed E-state index contributed by atoms with van der Waals surface area (Å²) < 4.78 is 10.8. The molecule has 2 aliphatic rings. The summed E-state index contributed by atoms with van der Waals surface area (Å²) in [6.45, 7) is 1.41. The van der Waals surface area contributed by atoms with Crippen LogP contribution in [0.4, 0.5) is 0 Å². The van der Waals surface area contributed by atoms with Gasteiger partial charge in [-0.1, -0.05) is 24.3 Å². The zero-order valence-corrected chi connectivity index (χ0v) is 15.5. The third-order valence-electron chi connectivity index (χ3n) is 5.70. The van der Waals surface area contributed by atoms with Crippen molar-refractivity contribution < 1.29 is 14.3 Å². The van der Waals surface area contributed by atoms with Gasteiger partial charge in [-0.15, -0.1) is 0 Å². The SMILES string of the molecule is COc1cc2c(cc1OC)CN(C(=O)C1CCCc3ccccc31)CC2. The largest absolute Gasteiger partial charge is 0.493 e. The second kappa shape index (κ2) is 7.02. The molecule has 1 unspecified atom stereocenters. The van der Waals surface area contributed by atoms with Gasteiger partial charge >= 0.3 is 0 Å². The van der Waals surface area contributed by atoms with Crippen molar-refractivity contribution in [2.24, 2.45) is 0 Å². The molecule has 2 aromatic carbocycles. The number of hydrogen-bond donors (Lipinski definition) is 0. The molecule has 0 bridgehead atoms. The molecule has 1 heterocycles. The lowest BCUT2D eigenvalue weighted by Crippen LogP contribution is -2.39. The number of rotatable bonds is 3. The van der Waals surface area contributed by atoms with Crippen molar-refractivity contribution in [1.29, 1.82) is 0 Å². The number of amides is 1. The van der Waals surface area contributed by atoms with Crippen LogP contribution < -0.4 is 9.47 Å². The van der Waals surface area contributed by atoms with Crippen molar-refractivity contribution in [3.63, 3.8) is 0 Å². The van der Waals surface area contributed by atoms with E-state index in [4.69, 9.17) is 9.47 Å². The second-order valence-corrected chi connectivity index (χ2v) is 7.13. The Morgan fingerprint density at radius 2 is 1.73 bits per heavy atom. The third-order valence-corrected chi connectivity index (χ3v) is 5.70. The zero-order valence-electron chi connectivity index (χ0n) is 15.5. The predicted molar refractivity (Wildman–Crippen MR) is 101 cm³/mol. The molecule has 1 atom stereocenters. The molecule has 0 N–H and O–H groups in total. The fraction of sp³-hybridized carbons (Fsp3) is 0.409. The Bertz CT molecular complexity index is 830. The van der Waals surface area contributed by atoms with E-state index in [1.54, 1.807) is 14.2 Å². The van der Waals surface area contributed by atoms with Crippen LogP contribution in [0.2, 0.25) is 0 Å². The van der Waals surface area contributed by atoms with Gasteiger partial charge in [0, 0.05) is 13.1 Å². The molecular formula is C22H25NO3. The molecule has 2 aromatic rings. The fourth-order valence-corrected chi connectivity index (χ4v) is 4.30. The Kier molecular flexibility index (Phi) is 4.58. The van der Waals surface area contributed by atoms with Crippen LogP contribution in [-0.4, -0.2) is 31.6 Å². The van der Waals surface area contributed by atoms with Gasteiger partial charge in [0.05, 0.1) is 20.1 Å². The molecule has 1 aliphatic heterocycles. The van der Waals surface area contributed by atoms with E-state index in [0.717, 1.165) is 49.3 Å². The van der Waals surface area contributed by atoms with Crippen LogP contribution in [0, 0.1) is 0 Å². The van der Waals surface area contributed by atoms with Crippen LogP contribution in [0.3, 0.4) is 0 Å². The maximum absolute atomic E-state index is 13.3. The van der Waals surface area contributed by atoms with E-state index in [-0.39, 0.29) is 11.8 Å². The lowest BCUT2D eigenvalue weighted by molar-refractivity contribution is -0.134. The summed E-state index contributed by atoms with van der Waals surface area (Å²) >= 11 is 0. The number of aryl methyl sites for hydroxylation is 1. The lowest BCUT2D eigenvalue weighted by Gasteiger charge is -2.34. The normalized spacial score (nSPS) is 18.7. The number of nitrogens with zero attached hydrogens (tertiary/aromatic N) is 1. The zero-order chi connectivity index (χ0) is 18.1. The number of fused-ring (bicyclic) bond motifs is 2. The highest BCUT2D eigenvalue weighted by Gasteiger charge is 2.31. The molecular weight excluding hydrogens is 326 g/mol. The maximum atomic E-state index is 13.3. The van der Waals surface area contributed by atoms with Gasteiger partial charge in [0.25, 0.3) is 0 Å². The van der Waals surface area contributed by atoms with Gasteiger partial charge in [-0.3, -0.25) is 4.79 Å². The van der Waals surface area contributed by atoms with Crippen LogP contribution >= 0.6 is 0 Å². The van der Waals surface area contributed by atoms with Gasteiger partial charge in [0.15, 0.2) is 11.5 Å². The van der Waals surface area contributed by atoms with E-state index in [1.165, 1.54) is 16.7 Å². The van der Waals surface area contributed by atoms with Crippen molar-refractivity contribution in [2.45, 2.75) is 38.1 Å². The molecule has 4 heteroatoms. The molecule has 4 rings (SSSR count). The molecule has 4 nitrogen and oxygen atoms in total. The monoisotopic (exact) mass is 351 g/mol. The van der Waals surface area contributed by atoms with Crippen molar-refractivity contribution in [3.8, 4) is 11.5 Å². The van der Waals surface area contributed by atoms with E-state index in [9.17, 15) is 4.79 Å². The molecule has 0 saturated carbocycles. The fourth-order valence-electron chi connectivity index (χ4n) is 4.30. The van der Waals surface area contributed by atoms with Crippen molar-refractivity contribution in [3.05, 3.63) is 58.7 Å². The summed E-state index contributed by atoms with van der Waals surface area (Å²) in [5, 5.41) is 0. The molecule has 1 amide bonds. The van der Waals surface area contributed by atoms with E-state index in [0.29, 0.717) is 6.54 Å². The first-order valence-corrected chi connectivity index (χ1v) is 9.31. The Hall–Kier alpha value is -2.49. The highest BCUT2D eigenvalue weighted by Crippen LogP contribution is 2.36. The van der Waals surface area contributed by atoms with Gasteiger partial charge < -0.3 is 14.4 Å². The van der Waals surface area contributed by atoms with Gasteiger partial charge in [-0.05, 0) is 60.1 Å². The second-order valence-electron chi connectivity index (χ2n) is 7.13. The summed E-state index contributed by atoms with van der Waals surface area (Å²) in [5.74, 6) is 1.75. The molecule has 0 radical (unpaired) electrons. The molecule has 0 aromatic heterocycles. The topological polar surface area (TPSA) is 38.8 Å². The standard InChI is InChI=1S/C22H25NO3/c1-25-20-12-16-10-11-23(14-17(16)13-21(20)26-2)22(24)19-9-5-7-15-6-3-4-8-18(15)19/h3-4,6,8,12-13,19H,5,7,9-11,14H2,1-2H3. The number of carbonyl (C=O) groups is 1. The highest BCUT2D eigenvalue weighted by molar-refractivity contribution is 5.84. The van der Waals surface area contributed by atoms with E-state index in [1.807, 2.05) is 23.1 Å². The number of carbonyl (C=O) groups excluding carboxylic acids is 1. The predicted octanol–water partition coefficient (Wildman–Crippen LogP) is 3.71. The molecule has 26 heavy (non-hydrogen) atoms. The molecule has 1 aliphatic carbocycles. The minimum Gasteiger partial charge on any atom is -0.493 e. The smallest absolute Gasteiger partial charge is 0.230 e. The molecule has 0 fully saturated rings. The third kappa shape index (κ3) is 2.94. The first kappa shape index (κ1) is 17.0.